The second-order valence-corrected chi connectivity index (χ2v) is 6.14. The number of halogens is 3. The highest BCUT2D eigenvalue weighted by Crippen LogP contribution is 2.36. The fourth-order valence-electron chi connectivity index (χ4n) is 3.12. The van der Waals surface area contributed by atoms with Gasteiger partial charge in [0.1, 0.15) is 11.4 Å². The summed E-state index contributed by atoms with van der Waals surface area (Å²) in [6, 6.07) is 10.0. The Morgan fingerprint density at radius 3 is 2.24 bits per heavy atom. The first-order valence-corrected chi connectivity index (χ1v) is 8.30. The van der Waals surface area contributed by atoms with Crippen molar-refractivity contribution in [2.75, 3.05) is 5.32 Å². The van der Waals surface area contributed by atoms with Gasteiger partial charge in [-0.05, 0) is 29.8 Å². The maximum Gasteiger partial charge on any atom is 0.471 e. The van der Waals surface area contributed by atoms with Gasteiger partial charge in [0.15, 0.2) is 5.78 Å². The van der Waals surface area contributed by atoms with Crippen LogP contribution in [0, 0.1) is 0 Å². The highest BCUT2D eigenvalue weighted by Gasteiger charge is 2.39. The second kappa shape index (κ2) is 6.62. The molecule has 0 spiro atoms. The first-order valence-electron chi connectivity index (χ1n) is 8.30. The molecular formula is C20H10F3N3O3. The second-order valence-electron chi connectivity index (χ2n) is 6.14. The van der Waals surface area contributed by atoms with Gasteiger partial charge in [0.2, 0.25) is 5.78 Å². The summed E-state index contributed by atoms with van der Waals surface area (Å²) < 4.78 is 38.1. The van der Waals surface area contributed by atoms with Crippen LogP contribution in [0.4, 0.5) is 18.9 Å². The summed E-state index contributed by atoms with van der Waals surface area (Å²) >= 11 is 0. The topological polar surface area (TPSA) is 89.0 Å². The maximum atomic E-state index is 13.0. The highest BCUT2D eigenvalue weighted by molar-refractivity contribution is 6.29. The number of alkyl halides is 3. The van der Waals surface area contributed by atoms with Gasteiger partial charge in [0.25, 0.3) is 0 Å². The molecule has 1 N–H and O–H groups in total. The van der Waals surface area contributed by atoms with Crippen molar-refractivity contribution in [3.8, 4) is 11.1 Å². The normalized spacial score (nSPS) is 12.9. The number of ketones is 2. The van der Waals surface area contributed by atoms with Crippen molar-refractivity contribution in [1.29, 1.82) is 0 Å². The number of carbonyl (C=O) groups excluding carboxylic acids is 3. The van der Waals surface area contributed by atoms with Gasteiger partial charge in [-0.25, -0.2) is 0 Å². The van der Waals surface area contributed by atoms with Crippen LogP contribution in [0.3, 0.4) is 0 Å². The molecule has 0 fully saturated rings. The Labute approximate surface area is 161 Å². The standard InChI is InChI=1S/C20H10F3N3O3/c21-20(22,23)19(29)26-13-6-2-1-4-10(13)11-7-9-25-16-14(11)17(27)12-5-3-8-24-15(12)18(16)28/h1-9H,(H,26,29). The summed E-state index contributed by atoms with van der Waals surface area (Å²) in [7, 11) is 0. The number of anilines is 1. The smallest absolute Gasteiger partial charge is 0.318 e. The Balaban J connectivity index is 1.89. The minimum Gasteiger partial charge on any atom is -0.318 e. The molecular weight excluding hydrogens is 387 g/mol. The van der Waals surface area contributed by atoms with Gasteiger partial charge >= 0.3 is 12.1 Å². The zero-order valence-corrected chi connectivity index (χ0v) is 14.4. The lowest BCUT2D eigenvalue weighted by Crippen LogP contribution is -2.30. The molecule has 0 saturated heterocycles. The van der Waals surface area contributed by atoms with Gasteiger partial charge in [-0.2, -0.15) is 13.2 Å². The van der Waals surface area contributed by atoms with E-state index in [0.717, 1.165) is 0 Å². The summed E-state index contributed by atoms with van der Waals surface area (Å²) in [6.07, 6.45) is -2.43. The van der Waals surface area contributed by atoms with E-state index in [9.17, 15) is 27.6 Å². The average molecular weight is 397 g/mol. The summed E-state index contributed by atoms with van der Waals surface area (Å²) in [4.78, 5) is 45.1. The molecule has 144 valence electrons. The zero-order valence-electron chi connectivity index (χ0n) is 14.4. The van der Waals surface area contributed by atoms with E-state index in [4.69, 9.17) is 0 Å². The molecule has 29 heavy (non-hydrogen) atoms. The molecule has 0 saturated carbocycles. The molecule has 6 nitrogen and oxygen atoms in total. The molecule has 3 aromatic rings. The van der Waals surface area contributed by atoms with E-state index >= 15 is 0 Å². The molecule has 0 radical (unpaired) electrons. The molecule has 1 aliphatic rings. The molecule has 1 aliphatic carbocycles. The highest BCUT2D eigenvalue weighted by atomic mass is 19.4. The fraction of sp³-hybridized carbons (Fsp3) is 0.0500. The number of nitrogens with zero attached hydrogens (tertiary/aromatic N) is 2. The number of rotatable bonds is 2. The van der Waals surface area contributed by atoms with Gasteiger partial charge in [-0.3, -0.25) is 24.4 Å². The van der Waals surface area contributed by atoms with Crippen molar-refractivity contribution in [2.24, 2.45) is 0 Å². The Morgan fingerprint density at radius 2 is 1.48 bits per heavy atom. The number of aromatic nitrogens is 2. The van der Waals surface area contributed by atoms with Crippen molar-refractivity contribution >= 4 is 23.2 Å². The third-order valence-corrected chi connectivity index (χ3v) is 4.38. The van der Waals surface area contributed by atoms with E-state index in [1.54, 1.807) is 0 Å². The van der Waals surface area contributed by atoms with E-state index in [1.807, 2.05) is 5.32 Å². The Hall–Kier alpha value is -3.88. The number of amides is 1. The summed E-state index contributed by atoms with van der Waals surface area (Å²) in [5, 5.41) is 1.81. The van der Waals surface area contributed by atoms with Crippen LogP contribution >= 0.6 is 0 Å². The lowest BCUT2D eigenvalue weighted by Gasteiger charge is -2.20. The van der Waals surface area contributed by atoms with E-state index in [1.165, 1.54) is 54.9 Å². The van der Waals surface area contributed by atoms with E-state index in [0.29, 0.717) is 0 Å². The molecule has 0 aliphatic heterocycles. The minimum atomic E-state index is -5.08. The molecule has 0 unspecified atom stereocenters. The lowest BCUT2D eigenvalue weighted by molar-refractivity contribution is -0.167. The molecule has 0 bridgehead atoms. The molecule has 2 heterocycles. The zero-order chi connectivity index (χ0) is 20.8. The van der Waals surface area contributed by atoms with Crippen LogP contribution in [0.5, 0.6) is 0 Å². The quantitative estimate of drug-likeness (QED) is 0.560. The van der Waals surface area contributed by atoms with Crippen LogP contribution in [0.15, 0.2) is 54.9 Å². The number of nitrogens with one attached hydrogen (secondary N) is 1. The van der Waals surface area contributed by atoms with Gasteiger partial charge in [-0.1, -0.05) is 18.2 Å². The summed E-state index contributed by atoms with van der Waals surface area (Å²) in [5.74, 6) is -3.23. The molecule has 4 rings (SSSR count). The van der Waals surface area contributed by atoms with Gasteiger partial charge in [0, 0.05) is 23.6 Å². The SMILES string of the molecule is O=C1c2ncccc2C(=O)c2c(-c3ccccc3NC(=O)C(F)(F)F)ccnc21. The number of hydrogen-bond donors (Lipinski definition) is 1. The van der Waals surface area contributed by atoms with Crippen LogP contribution in [0.25, 0.3) is 11.1 Å². The third kappa shape index (κ3) is 3.06. The van der Waals surface area contributed by atoms with Crippen LogP contribution in [-0.4, -0.2) is 33.6 Å². The van der Waals surface area contributed by atoms with Crippen LogP contribution in [-0.2, 0) is 4.79 Å². The number of hydrogen-bond acceptors (Lipinski definition) is 5. The van der Waals surface area contributed by atoms with Gasteiger partial charge < -0.3 is 5.32 Å². The number of pyridine rings is 2. The Morgan fingerprint density at radius 1 is 0.793 bits per heavy atom. The number of fused-ring (bicyclic) bond motifs is 2. The predicted octanol–water partition coefficient (Wildman–Crippen LogP) is 3.42. The fourth-order valence-corrected chi connectivity index (χ4v) is 3.12. The number of benzene rings is 1. The van der Waals surface area contributed by atoms with Crippen molar-refractivity contribution in [1.82, 2.24) is 9.97 Å². The lowest BCUT2D eigenvalue weighted by atomic mass is 9.85. The van der Waals surface area contributed by atoms with Crippen molar-refractivity contribution in [3.63, 3.8) is 0 Å². The van der Waals surface area contributed by atoms with Crippen molar-refractivity contribution in [3.05, 3.63) is 77.4 Å². The summed E-state index contributed by atoms with van der Waals surface area (Å²) in [6.45, 7) is 0. The predicted molar refractivity (Wildman–Crippen MR) is 95.5 cm³/mol. The molecule has 1 aromatic carbocycles. The molecule has 1 amide bonds. The third-order valence-electron chi connectivity index (χ3n) is 4.38. The Bertz CT molecular complexity index is 1190. The molecule has 9 heteroatoms. The van der Waals surface area contributed by atoms with Gasteiger partial charge in [-0.15, -0.1) is 0 Å². The maximum absolute atomic E-state index is 13.0. The van der Waals surface area contributed by atoms with Crippen LogP contribution in [0.2, 0.25) is 0 Å². The van der Waals surface area contributed by atoms with E-state index in [-0.39, 0.29) is 39.3 Å². The van der Waals surface area contributed by atoms with Crippen molar-refractivity contribution < 1.29 is 27.6 Å². The number of para-hydroxylation sites is 1. The van der Waals surface area contributed by atoms with E-state index < -0.39 is 23.6 Å². The van der Waals surface area contributed by atoms with Crippen LogP contribution < -0.4 is 5.32 Å². The average Bonchev–Trinajstić information content (AvgIpc) is 2.71. The largest absolute Gasteiger partial charge is 0.471 e. The van der Waals surface area contributed by atoms with E-state index in [2.05, 4.69) is 9.97 Å². The van der Waals surface area contributed by atoms with Gasteiger partial charge in [0.05, 0.1) is 11.1 Å². The molecule has 0 atom stereocenters. The molecule has 2 aromatic heterocycles. The first kappa shape index (κ1) is 18.5. The van der Waals surface area contributed by atoms with Crippen LogP contribution in [0.1, 0.15) is 32.1 Å². The van der Waals surface area contributed by atoms with Crippen molar-refractivity contribution in [2.45, 2.75) is 6.18 Å². The summed E-state index contributed by atoms with van der Waals surface area (Å²) in [5.41, 5.74) is 0.0327. The number of carbonyl (C=O) groups is 3. The first-order chi connectivity index (χ1) is 13.8. The Kier molecular flexibility index (Phi) is 4.22. The monoisotopic (exact) mass is 397 g/mol. The minimum absolute atomic E-state index is 0.0340.